The van der Waals surface area contributed by atoms with Crippen molar-refractivity contribution in [1.29, 1.82) is 0 Å². The topological polar surface area (TPSA) is 88.2 Å². The highest BCUT2D eigenvalue weighted by Gasteiger charge is 2.40. The summed E-state index contributed by atoms with van der Waals surface area (Å²) >= 11 is 0. The Balaban J connectivity index is 1.55. The lowest BCUT2D eigenvalue weighted by Crippen LogP contribution is -2.52. The highest BCUT2D eigenvalue weighted by Crippen LogP contribution is 2.34. The molecule has 0 bridgehead atoms. The molecule has 5 rings (SSSR count). The van der Waals surface area contributed by atoms with Crippen LogP contribution in [0.5, 0.6) is 5.75 Å². The molecule has 1 N–H and O–H groups in total. The Morgan fingerprint density at radius 3 is 2.76 bits per heavy atom. The Morgan fingerprint density at radius 2 is 1.94 bits per heavy atom. The fourth-order valence-corrected chi connectivity index (χ4v) is 3.78. The quantitative estimate of drug-likeness (QED) is 0.639. The monoisotopic (exact) mass is 478 g/mol. The number of ether oxygens (including phenoxy) is 2. The van der Waals surface area contributed by atoms with Gasteiger partial charge in [0.05, 0.1) is 29.4 Å². The van der Waals surface area contributed by atoms with Crippen LogP contribution < -0.4 is 10.1 Å². The molecule has 3 amide bonds. The number of imide groups is 1. The third-order valence-corrected chi connectivity index (χ3v) is 5.52. The standard InChI is InChI=1S/C25H26FN3O5/c26-23-16(13-28-9-11-33-12-10-28)3-1-4-17(23)15-34-21-6-2-5-18-19(21)14-29(25(18)32)20-7-8-22(30)27-24(20)31/h1-6,20H,7-15H2,(H,27,30,31)/i1D,2D,3D,4D,5D,6D,7D2,8D2,20D. The minimum absolute atomic E-state index is 0.0637. The lowest BCUT2D eigenvalue weighted by Gasteiger charge is -2.29. The van der Waals surface area contributed by atoms with Crippen LogP contribution in [0.1, 0.15) is 54.9 Å². The Hall–Kier alpha value is -3.30. The first-order valence-electron chi connectivity index (χ1n) is 15.9. The Kier molecular flexibility index (Phi) is 3.63. The van der Waals surface area contributed by atoms with E-state index >= 15 is 4.39 Å². The van der Waals surface area contributed by atoms with Gasteiger partial charge in [0.2, 0.25) is 11.8 Å². The molecule has 0 saturated carbocycles. The second kappa shape index (κ2) is 9.52. The summed E-state index contributed by atoms with van der Waals surface area (Å²) in [5, 5.41) is 1.56. The summed E-state index contributed by atoms with van der Waals surface area (Å²) in [6.07, 6.45) is -7.07. The molecule has 34 heavy (non-hydrogen) atoms. The third kappa shape index (κ3) is 4.41. The van der Waals surface area contributed by atoms with E-state index in [0.717, 1.165) is 0 Å². The third-order valence-electron chi connectivity index (χ3n) is 5.52. The molecule has 2 saturated heterocycles. The van der Waals surface area contributed by atoms with Gasteiger partial charge < -0.3 is 14.4 Å². The summed E-state index contributed by atoms with van der Waals surface area (Å²) in [7, 11) is 0. The summed E-state index contributed by atoms with van der Waals surface area (Å²) < 4.78 is 117. The first kappa shape index (κ1) is 13.0. The van der Waals surface area contributed by atoms with Gasteiger partial charge in [-0.25, -0.2) is 4.39 Å². The molecule has 3 aliphatic rings. The number of carbonyl (C=O) groups is 3. The number of fused-ring (bicyclic) bond motifs is 1. The van der Waals surface area contributed by atoms with Crippen LogP contribution in [-0.4, -0.2) is 59.8 Å². The Labute approximate surface area is 212 Å². The zero-order valence-electron chi connectivity index (χ0n) is 28.8. The fraction of sp³-hybridized carbons (Fsp3) is 0.400. The van der Waals surface area contributed by atoms with Crippen LogP contribution in [0, 0.1) is 5.82 Å². The summed E-state index contributed by atoms with van der Waals surface area (Å²) in [5.74, 6) is -6.27. The van der Waals surface area contributed by atoms with Crippen LogP contribution in [0.25, 0.3) is 0 Å². The normalized spacial score (nSPS) is 30.7. The molecule has 3 heterocycles. The van der Waals surface area contributed by atoms with E-state index in [1.54, 1.807) is 10.2 Å². The van der Waals surface area contributed by atoms with Crippen molar-refractivity contribution in [2.24, 2.45) is 0 Å². The number of hydrogen-bond acceptors (Lipinski definition) is 6. The van der Waals surface area contributed by atoms with E-state index < -0.39 is 109 Å². The molecule has 9 heteroatoms. The molecule has 0 radical (unpaired) electrons. The Bertz CT molecular complexity index is 1650. The van der Waals surface area contributed by atoms with Gasteiger partial charge in [-0.1, -0.05) is 24.2 Å². The van der Waals surface area contributed by atoms with Crippen molar-refractivity contribution in [3.8, 4) is 5.75 Å². The summed E-state index contributed by atoms with van der Waals surface area (Å²) in [6.45, 7) is -0.147. The van der Waals surface area contributed by atoms with Crippen molar-refractivity contribution >= 4 is 17.7 Å². The number of piperidine rings is 1. The number of morpholine rings is 1. The minimum Gasteiger partial charge on any atom is -0.488 e. The van der Waals surface area contributed by atoms with Crippen LogP contribution in [0.15, 0.2) is 36.3 Å². The SMILES string of the molecule is [2H]c1c([2H])c(COc2c([2H])c([2H])c([2H])c3c2CN(C2([2H])C(=O)NC(=O)C([2H])([2H])C2([2H])[2H])C3=O)c(F)c(CN2CCOCC2)c1[2H]. The number of nitrogens with zero attached hydrogens (tertiary/aromatic N) is 2. The molecule has 2 aromatic carbocycles. The van der Waals surface area contributed by atoms with Crippen LogP contribution in [-0.2, 0) is 34.0 Å². The highest BCUT2D eigenvalue weighted by atomic mass is 19.1. The molecule has 2 fully saturated rings. The van der Waals surface area contributed by atoms with Crippen molar-refractivity contribution in [3.05, 3.63) is 64.3 Å². The van der Waals surface area contributed by atoms with Crippen molar-refractivity contribution < 1.29 is 43.3 Å². The van der Waals surface area contributed by atoms with Gasteiger partial charge in [0.1, 0.15) is 24.2 Å². The number of nitrogens with one attached hydrogen (secondary N) is 1. The van der Waals surface area contributed by atoms with Crippen LogP contribution >= 0.6 is 0 Å². The molecule has 178 valence electrons. The largest absolute Gasteiger partial charge is 0.488 e. The number of amides is 3. The second-order valence-electron chi connectivity index (χ2n) is 7.65. The minimum atomic E-state index is -3.61. The number of hydrogen-bond donors (Lipinski definition) is 1. The number of rotatable bonds is 6. The van der Waals surface area contributed by atoms with Crippen LogP contribution in [0.4, 0.5) is 4.39 Å². The highest BCUT2D eigenvalue weighted by molar-refractivity contribution is 6.05. The zero-order valence-corrected chi connectivity index (χ0v) is 17.8. The van der Waals surface area contributed by atoms with Gasteiger partial charge in [-0.2, -0.15) is 0 Å². The number of halogens is 1. The van der Waals surface area contributed by atoms with Gasteiger partial charge in [-0.15, -0.1) is 0 Å². The maximum absolute atomic E-state index is 15.8. The maximum atomic E-state index is 15.8. The van der Waals surface area contributed by atoms with Crippen molar-refractivity contribution in [3.63, 3.8) is 0 Å². The molecule has 1 unspecified atom stereocenters. The van der Waals surface area contributed by atoms with Gasteiger partial charge in [0.25, 0.3) is 5.91 Å². The van der Waals surface area contributed by atoms with Crippen molar-refractivity contribution in [1.82, 2.24) is 15.1 Å². The average Bonchev–Trinajstić information content (AvgIpc) is 3.34. The molecule has 0 aromatic heterocycles. The number of benzene rings is 2. The van der Waals surface area contributed by atoms with E-state index in [0.29, 0.717) is 26.3 Å². The molecular weight excluding hydrogens is 441 g/mol. The summed E-state index contributed by atoms with van der Waals surface area (Å²) in [5.41, 5.74) is -1.66. The van der Waals surface area contributed by atoms with Gasteiger partial charge in [-0.05, 0) is 18.5 Å². The van der Waals surface area contributed by atoms with E-state index in [2.05, 4.69) is 0 Å². The maximum Gasteiger partial charge on any atom is 0.255 e. The average molecular weight is 479 g/mol. The van der Waals surface area contributed by atoms with Gasteiger partial charge in [0, 0.05) is 53.7 Å². The molecule has 0 spiro atoms. The first-order chi connectivity index (χ1) is 20.9. The smallest absolute Gasteiger partial charge is 0.255 e. The second-order valence-corrected chi connectivity index (χ2v) is 7.65. The zero-order chi connectivity index (χ0) is 33.4. The van der Waals surface area contributed by atoms with Crippen LogP contribution in [0.2, 0.25) is 0 Å². The van der Waals surface area contributed by atoms with E-state index in [9.17, 15) is 14.4 Å². The summed E-state index contributed by atoms with van der Waals surface area (Å²) in [4.78, 5) is 40.6. The molecule has 1 atom stereocenters. The molecule has 2 aromatic rings. The molecular formula is C25H26FN3O5. The molecule has 8 nitrogen and oxygen atoms in total. The predicted octanol–water partition coefficient (Wildman–Crippen LogP) is 2.00. The van der Waals surface area contributed by atoms with Crippen molar-refractivity contribution in [2.45, 2.75) is 38.5 Å². The van der Waals surface area contributed by atoms with E-state index in [1.165, 1.54) is 0 Å². The lowest BCUT2D eigenvalue weighted by atomic mass is 10.0. The number of carbonyl (C=O) groups excluding carboxylic acids is 3. The summed E-state index contributed by atoms with van der Waals surface area (Å²) in [6, 6.07) is -7.61. The Morgan fingerprint density at radius 1 is 1.18 bits per heavy atom. The van der Waals surface area contributed by atoms with Crippen molar-refractivity contribution in [2.75, 3.05) is 26.3 Å². The molecule has 3 aliphatic heterocycles. The van der Waals surface area contributed by atoms with E-state index in [-0.39, 0.29) is 22.6 Å². The van der Waals surface area contributed by atoms with Gasteiger partial charge in [-0.3, -0.25) is 24.6 Å². The lowest BCUT2D eigenvalue weighted by molar-refractivity contribution is -0.136. The van der Waals surface area contributed by atoms with Gasteiger partial charge >= 0.3 is 0 Å². The van der Waals surface area contributed by atoms with Crippen LogP contribution in [0.3, 0.4) is 0 Å². The van der Waals surface area contributed by atoms with Gasteiger partial charge in [0.15, 0.2) is 0 Å². The van der Waals surface area contributed by atoms with E-state index in [4.69, 9.17) is 24.6 Å². The fourth-order valence-electron chi connectivity index (χ4n) is 3.78. The van der Waals surface area contributed by atoms with E-state index in [1.807, 2.05) is 0 Å². The first-order valence-corrected chi connectivity index (χ1v) is 10.4. The molecule has 0 aliphatic carbocycles. The predicted molar refractivity (Wildman–Crippen MR) is 119 cm³/mol.